The number of benzene rings is 8. The van der Waals surface area contributed by atoms with Crippen molar-refractivity contribution in [2.24, 2.45) is 0 Å². The normalized spacial score (nSPS) is 12.2. The van der Waals surface area contributed by atoms with E-state index in [-0.39, 0.29) is 0 Å². The maximum absolute atomic E-state index is 6.27. The Labute approximate surface area is 324 Å². The van der Waals surface area contributed by atoms with Crippen molar-refractivity contribution in [2.45, 2.75) is 0 Å². The number of rotatable bonds is 3. The van der Waals surface area contributed by atoms with Gasteiger partial charge in [-0.15, -0.1) is 0 Å². The minimum absolute atomic E-state index is 0.761. The number of fused-ring (bicyclic) bond motifs is 15. The molecule has 0 aliphatic rings. The summed E-state index contributed by atoms with van der Waals surface area (Å²) in [5.74, 6) is 1.53. The van der Waals surface area contributed by atoms with Gasteiger partial charge < -0.3 is 8.98 Å². The minimum atomic E-state index is 0.761. The Bertz CT molecular complexity index is 3820. The molecular weight excluding hydrogens is 701 g/mol. The van der Waals surface area contributed by atoms with Crippen LogP contribution in [0.15, 0.2) is 186 Å². The van der Waals surface area contributed by atoms with Crippen molar-refractivity contribution in [3.63, 3.8) is 0 Å². The van der Waals surface area contributed by atoms with Gasteiger partial charge in [-0.05, 0) is 102 Å². The van der Waals surface area contributed by atoms with Crippen LogP contribution in [0.4, 0.5) is 0 Å². The first-order valence-corrected chi connectivity index (χ1v) is 19.2. The summed E-state index contributed by atoms with van der Waals surface area (Å²) in [6.07, 6.45) is 0. The molecule has 0 N–H and O–H groups in total. The van der Waals surface area contributed by atoms with E-state index in [2.05, 4.69) is 182 Å². The molecule has 0 aliphatic heterocycles. The van der Waals surface area contributed by atoms with Gasteiger partial charge in [0.05, 0.1) is 49.8 Å². The summed E-state index contributed by atoms with van der Waals surface area (Å²) in [4.78, 5) is 10.7. The monoisotopic (exact) mass is 730 g/mol. The smallest absolute Gasteiger partial charge is 0.223 e. The number of nitrogens with zero attached hydrogens (tertiary/aromatic N) is 6. The molecule has 0 aliphatic carbocycles. The van der Waals surface area contributed by atoms with Crippen molar-refractivity contribution in [1.82, 2.24) is 27.9 Å². The maximum atomic E-state index is 6.27. The quantitative estimate of drug-likeness (QED) is 0.182. The highest BCUT2D eigenvalue weighted by molar-refractivity contribution is 6.11. The lowest BCUT2D eigenvalue weighted by molar-refractivity contribution is 0.669. The van der Waals surface area contributed by atoms with Gasteiger partial charge in [0.25, 0.3) is 0 Å². The molecule has 0 unspecified atom stereocenters. The zero-order valence-corrected chi connectivity index (χ0v) is 30.4. The number of para-hydroxylation sites is 7. The van der Waals surface area contributed by atoms with Crippen molar-refractivity contribution >= 4 is 88.4 Å². The van der Waals surface area contributed by atoms with E-state index < -0.39 is 0 Å². The number of hydrogen-bond donors (Lipinski definition) is 0. The molecular formula is C50H30N6O. The molecule has 0 fully saturated rings. The molecule has 0 bridgehead atoms. The summed E-state index contributed by atoms with van der Waals surface area (Å²) in [5.41, 5.74) is 14.3. The Morgan fingerprint density at radius 1 is 0.333 bits per heavy atom. The molecule has 266 valence electrons. The summed E-state index contributed by atoms with van der Waals surface area (Å²) in [7, 11) is 0. The highest BCUT2D eigenvalue weighted by Gasteiger charge is 2.21. The Kier molecular flexibility index (Phi) is 6.04. The van der Waals surface area contributed by atoms with Crippen molar-refractivity contribution in [3.8, 4) is 22.5 Å². The van der Waals surface area contributed by atoms with Gasteiger partial charge in [0.1, 0.15) is 11.2 Å². The number of furan rings is 1. The first kappa shape index (κ1) is 30.4. The van der Waals surface area contributed by atoms with Crippen molar-refractivity contribution < 1.29 is 4.42 Å². The summed E-state index contributed by atoms with van der Waals surface area (Å²) in [6, 6.07) is 64.3. The lowest BCUT2D eigenvalue weighted by atomic mass is 10.0. The van der Waals surface area contributed by atoms with E-state index in [9.17, 15) is 0 Å². The van der Waals surface area contributed by atoms with Gasteiger partial charge in [-0.3, -0.25) is 8.80 Å². The standard InChI is InChI=1S/C50H30N6O/c1-2-12-33(13-3-1)53-41-18-8-4-14-35(41)37-28-31(22-25-42(37)53)32-23-26-45-46(29-32)56-44-20-10-7-17-40(44)52-50(56)54(49-51-39-16-6-9-19-43(39)55(45)49)34-24-27-48-38(30-34)36-15-5-11-21-47(36)57-48/h1-30H. The second kappa shape index (κ2) is 11.3. The molecule has 13 aromatic rings. The average molecular weight is 731 g/mol. The van der Waals surface area contributed by atoms with Crippen LogP contribution in [0.5, 0.6) is 0 Å². The Morgan fingerprint density at radius 3 is 1.68 bits per heavy atom. The van der Waals surface area contributed by atoms with Gasteiger partial charge in [0.2, 0.25) is 11.6 Å². The molecule has 8 aromatic carbocycles. The topological polar surface area (TPSA) is 57.6 Å². The summed E-state index contributed by atoms with van der Waals surface area (Å²) < 4.78 is 15.4. The van der Waals surface area contributed by atoms with E-state index in [4.69, 9.17) is 14.4 Å². The van der Waals surface area contributed by atoms with Gasteiger partial charge in [0, 0.05) is 27.2 Å². The fourth-order valence-electron chi connectivity index (χ4n) is 9.05. The molecule has 0 atom stereocenters. The fourth-order valence-corrected chi connectivity index (χ4v) is 9.05. The van der Waals surface area contributed by atoms with Crippen LogP contribution in [0.1, 0.15) is 0 Å². The van der Waals surface area contributed by atoms with Crippen LogP contribution in [0.3, 0.4) is 0 Å². The van der Waals surface area contributed by atoms with Crippen molar-refractivity contribution in [1.29, 1.82) is 0 Å². The third-order valence-corrected chi connectivity index (χ3v) is 11.6. The molecule has 7 nitrogen and oxygen atoms in total. The number of aromatic nitrogens is 6. The second-order valence-electron chi connectivity index (χ2n) is 14.7. The van der Waals surface area contributed by atoms with Crippen LogP contribution in [0.2, 0.25) is 0 Å². The molecule has 7 heteroatoms. The predicted octanol–water partition coefficient (Wildman–Crippen LogP) is 12.5. The molecule has 5 heterocycles. The first-order valence-electron chi connectivity index (χ1n) is 19.2. The van der Waals surface area contributed by atoms with Gasteiger partial charge >= 0.3 is 0 Å². The Balaban J connectivity index is 1.15. The predicted molar refractivity (Wildman–Crippen MR) is 232 cm³/mol. The SMILES string of the molecule is c1ccc(-n2c3ccccc3c3cc(-c4ccc5c(c4)n4c6ccccc6nc4n(-c4ccc6oc7ccccc7c6c4)c4nc6ccccc6n54)ccc32)cc1. The molecule has 5 aromatic heterocycles. The Morgan fingerprint density at radius 2 is 0.912 bits per heavy atom. The van der Waals surface area contributed by atoms with E-state index in [1.54, 1.807) is 0 Å². The van der Waals surface area contributed by atoms with Gasteiger partial charge in [0.15, 0.2) is 0 Å². The first-order chi connectivity index (χ1) is 28.3. The van der Waals surface area contributed by atoms with Crippen LogP contribution < -0.4 is 0 Å². The van der Waals surface area contributed by atoms with E-state index in [1.165, 1.54) is 21.8 Å². The van der Waals surface area contributed by atoms with Gasteiger partial charge in [-0.2, -0.15) is 0 Å². The van der Waals surface area contributed by atoms with Crippen molar-refractivity contribution in [2.75, 3.05) is 0 Å². The van der Waals surface area contributed by atoms with Gasteiger partial charge in [-0.1, -0.05) is 91.0 Å². The minimum Gasteiger partial charge on any atom is -0.456 e. The van der Waals surface area contributed by atoms with Crippen LogP contribution in [-0.2, 0) is 0 Å². The summed E-state index contributed by atoms with van der Waals surface area (Å²) >= 11 is 0. The maximum Gasteiger partial charge on any atom is 0.223 e. The van der Waals surface area contributed by atoms with E-state index >= 15 is 0 Å². The molecule has 57 heavy (non-hydrogen) atoms. The molecule has 13 rings (SSSR count). The zero-order chi connectivity index (χ0) is 37.2. The molecule has 0 saturated carbocycles. The van der Waals surface area contributed by atoms with Gasteiger partial charge in [-0.25, -0.2) is 14.5 Å². The van der Waals surface area contributed by atoms with E-state index in [0.29, 0.717) is 0 Å². The zero-order valence-electron chi connectivity index (χ0n) is 30.4. The average Bonchev–Trinajstić information content (AvgIpc) is 4.01. The summed E-state index contributed by atoms with van der Waals surface area (Å²) in [6.45, 7) is 0. The lowest BCUT2D eigenvalue weighted by Gasteiger charge is -2.09. The van der Waals surface area contributed by atoms with Crippen LogP contribution in [0.25, 0.3) is 111 Å². The lowest BCUT2D eigenvalue weighted by Crippen LogP contribution is -2.01. The Hall–Kier alpha value is -7.90. The largest absolute Gasteiger partial charge is 0.456 e. The molecule has 0 saturated heterocycles. The van der Waals surface area contributed by atoms with Crippen LogP contribution >= 0.6 is 0 Å². The highest BCUT2D eigenvalue weighted by Crippen LogP contribution is 2.38. The van der Waals surface area contributed by atoms with E-state index in [0.717, 1.165) is 89.1 Å². The molecule has 0 spiro atoms. The third-order valence-electron chi connectivity index (χ3n) is 11.6. The summed E-state index contributed by atoms with van der Waals surface area (Å²) in [5, 5.41) is 4.56. The van der Waals surface area contributed by atoms with E-state index in [1.807, 2.05) is 18.2 Å². The molecule has 0 amide bonds. The fraction of sp³-hybridized carbons (Fsp3) is 0. The number of imidazole rings is 2. The van der Waals surface area contributed by atoms with Crippen LogP contribution in [-0.4, -0.2) is 27.9 Å². The third kappa shape index (κ3) is 4.25. The molecule has 0 radical (unpaired) electrons. The van der Waals surface area contributed by atoms with Crippen LogP contribution in [0, 0.1) is 0 Å². The highest BCUT2D eigenvalue weighted by atomic mass is 16.3. The number of hydrogen-bond acceptors (Lipinski definition) is 3. The van der Waals surface area contributed by atoms with Crippen molar-refractivity contribution in [3.05, 3.63) is 182 Å². The second-order valence-corrected chi connectivity index (χ2v) is 14.7.